The van der Waals surface area contributed by atoms with Crippen molar-refractivity contribution in [2.24, 2.45) is 0 Å². The van der Waals surface area contributed by atoms with Crippen molar-refractivity contribution in [2.45, 2.75) is 6.92 Å². The second-order valence-corrected chi connectivity index (χ2v) is 4.16. The Morgan fingerprint density at radius 1 is 1.18 bits per heavy atom. The molecule has 3 aromatic rings. The van der Waals surface area contributed by atoms with E-state index in [-0.39, 0.29) is 0 Å². The molecule has 0 fully saturated rings. The van der Waals surface area contributed by atoms with Crippen LogP contribution in [0, 0.1) is 6.92 Å². The predicted octanol–water partition coefficient (Wildman–Crippen LogP) is 3.33. The highest BCUT2D eigenvalue weighted by Crippen LogP contribution is 2.30. The summed E-state index contributed by atoms with van der Waals surface area (Å²) in [7, 11) is 0. The van der Waals surface area contributed by atoms with Crippen LogP contribution in [0.15, 0.2) is 36.4 Å². The van der Waals surface area contributed by atoms with E-state index in [0.717, 1.165) is 21.9 Å². The van der Waals surface area contributed by atoms with Crippen LogP contribution in [0.2, 0.25) is 0 Å². The number of nitrogens with one attached hydrogen (secondary N) is 1. The Morgan fingerprint density at radius 3 is 2.71 bits per heavy atom. The number of carboxylic acids is 1. The zero-order valence-electron chi connectivity index (χ0n) is 9.32. The van der Waals surface area contributed by atoms with Crippen molar-refractivity contribution in [3.63, 3.8) is 0 Å². The van der Waals surface area contributed by atoms with E-state index in [1.165, 1.54) is 0 Å². The number of carbonyl (C=O) groups is 1. The smallest absolute Gasteiger partial charge is 0.337 e. The van der Waals surface area contributed by atoms with Gasteiger partial charge in [-0.25, -0.2) is 4.79 Å². The summed E-state index contributed by atoms with van der Waals surface area (Å²) < 4.78 is 0. The number of para-hydroxylation sites is 1. The largest absolute Gasteiger partial charge is 0.478 e. The number of hydrogen-bond acceptors (Lipinski definition) is 1. The van der Waals surface area contributed by atoms with E-state index in [2.05, 4.69) is 4.98 Å². The van der Waals surface area contributed by atoms with Crippen LogP contribution in [-0.2, 0) is 0 Å². The van der Waals surface area contributed by atoms with Crippen LogP contribution in [0.1, 0.15) is 15.9 Å². The number of carboxylic acid groups (broad SMARTS) is 1. The van der Waals surface area contributed by atoms with Crippen molar-refractivity contribution in [3.05, 3.63) is 47.5 Å². The number of aromatic nitrogens is 1. The molecule has 1 aromatic heterocycles. The molecule has 3 heteroatoms. The number of benzene rings is 2. The van der Waals surface area contributed by atoms with Crippen molar-refractivity contribution in [1.29, 1.82) is 0 Å². The van der Waals surface area contributed by atoms with E-state index in [1.807, 2.05) is 37.3 Å². The van der Waals surface area contributed by atoms with Gasteiger partial charge in [0.05, 0.1) is 11.1 Å². The molecule has 0 radical (unpaired) electrons. The first-order chi connectivity index (χ1) is 8.18. The fraction of sp³-hybridized carbons (Fsp3) is 0.0714. The fourth-order valence-corrected chi connectivity index (χ4v) is 2.31. The summed E-state index contributed by atoms with van der Waals surface area (Å²) in [5, 5.41) is 11.3. The molecule has 0 amide bonds. The maximum atomic E-state index is 11.2. The molecule has 0 saturated carbocycles. The number of aryl methyl sites for hydroxylation is 1. The standard InChI is InChI=1S/C14H11NO2/c1-8-6-7-10(14(16)17)13-12(8)9-4-2-3-5-11(9)15-13/h2-7,15H,1H3,(H,16,17). The number of rotatable bonds is 1. The second-order valence-electron chi connectivity index (χ2n) is 4.16. The molecule has 0 aliphatic rings. The van der Waals surface area contributed by atoms with Crippen LogP contribution >= 0.6 is 0 Å². The molecule has 3 nitrogen and oxygen atoms in total. The Bertz CT molecular complexity index is 740. The van der Waals surface area contributed by atoms with Crippen LogP contribution in [0.25, 0.3) is 21.8 Å². The van der Waals surface area contributed by atoms with Gasteiger partial charge in [0.15, 0.2) is 0 Å². The van der Waals surface area contributed by atoms with Gasteiger partial charge in [-0.15, -0.1) is 0 Å². The van der Waals surface area contributed by atoms with Crippen LogP contribution in [-0.4, -0.2) is 16.1 Å². The van der Waals surface area contributed by atoms with Crippen molar-refractivity contribution in [2.75, 3.05) is 0 Å². The molecule has 0 aliphatic carbocycles. The topological polar surface area (TPSA) is 53.1 Å². The van der Waals surface area contributed by atoms with Crippen molar-refractivity contribution < 1.29 is 9.90 Å². The summed E-state index contributed by atoms with van der Waals surface area (Å²) in [5.74, 6) is -0.901. The summed E-state index contributed by atoms with van der Waals surface area (Å²) in [6.45, 7) is 1.99. The van der Waals surface area contributed by atoms with E-state index < -0.39 is 5.97 Å². The number of fused-ring (bicyclic) bond motifs is 3. The average Bonchev–Trinajstić information content (AvgIpc) is 2.68. The van der Waals surface area contributed by atoms with E-state index in [0.29, 0.717) is 11.1 Å². The third-order valence-corrected chi connectivity index (χ3v) is 3.10. The minimum absolute atomic E-state index is 0.321. The zero-order valence-corrected chi connectivity index (χ0v) is 9.32. The molecule has 3 rings (SSSR count). The molecule has 0 atom stereocenters. The molecular formula is C14H11NO2. The minimum Gasteiger partial charge on any atom is -0.478 e. The summed E-state index contributed by atoms with van der Waals surface area (Å²) in [6, 6.07) is 11.4. The molecule has 0 saturated heterocycles. The first kappa shape index (κ1) is 9.90. The van der Waals surface area contributed by atoms with Gasteiger partial charge in [-0.1, -0.05) is 24.3 Å². The molecule has 0 unspecified atom stereocenters. The first-order valence-electron chi connectivity index (χ1n) is 5.42. The van der Waals surface area contributed by atoms with Gasteiger partial charge in [0.25, 0.3) is 0 Å². The van der Waals surface area contributed by atoms with Crippen LogP contribution in [0.4, 0.5) is 0 Å². The summed E-state index contributed by atoms with van der Waals surface area (Å²) >= 11 is 0. The Morgan fingerprint density at radius 2 is 1.94 bits per heavy atom. The quantitative estimate of drug-likeness (QED) is 0.667. The van der Waals surface area contributed by atoms with Gasteiger partial charge < -0.3 is 10.1 Å². The molecule has 0 spiro atoms. The predicted molar refractivity (Wildman–Crippen MR) is 67.5 cm³/mol. The maximum absolute atomic E-state index is 11.2. The molecule has 17 heavy (non-hydrogen) atoms. The highest BCUT2D eigenvalue weighted by molar-refractivity contribution is 6.14. The van der Waals surface area contributed by atoms with Gasteiger partial charge >= 0.3 is 5.97 Å². The van der Waals surface area contributed by atoms with Crippen LogP contribution in [0.5, 0.6) is 0 Å². The van der Waals surface area contributed by atoms with Crippen LogP contribution in [0.3, 0.4) is 0 Å². The lowest BCUT2D eigenvalue weighted by molar-refractivity contribution is 0.0699. The Balaban J connectivity index is 2.58. The Hall–Kier alpha value is -2.29. The van der Waals surface area contributed by atoms with E-state index >= 15 is 0 Å². The lowest BCUT2D eigenvalue weighted by Crippen LogP contribution is -1.97. The number of aromatic amines is 1. The van der Waals surface area contributed by atoms with E-state index in [4.69, 9.17) is 0 Å². The highest BCUT2D eigenvalue weighted by atomic mass is 16.4. The summed E-state index contributed by atoms with van der Waals surface area (Å²) in [6.07, 6.45) is 0. The van der Waals surface area contributed by atoms with Crippen molar-refractivity contribution in [3.8, 4) is 0 Å². The zero-order chi connectivity index (χ0) is 12.0. The van der Waals surface area contributed by atoms with Gasteiger partial charge in [0.2, 0.25) is 0 Å². The average molecular weight is 225 g/mol. The molecule has 1 heterocycles. The van der Waals surface area contributed by atoms with Gasteiger partial charge in [0, 0.05) is 16.3 Å². The first-order valence-corrected chi connectivity index (χ1v) is 5.42. The number of aromatic carboxylic acids is 1. The van der Waals surface area contributed by atoms with Gasteiger partial charge in [0.1, 0.15) is 0 Å². The van der Waals surface area contributed by atoms with Gasteiger partial charge in [-0.3, -0.25) is 0 Å². The van der Waals surface area contributed by atoms with Crippen molar-refractivity contribution in [1.82, 2.24) is 4.98 Å². The molecule has 0 bridgehead atoms. The van der Waals surface area contributed by atoms with Gasteiger partial charge in [-0.2, -0.15) is 0 Å². The Kier molecular flexibility index (Phi) is 1.95. The fourth-order valence-electron chi connectivity index (χ4n) is 2.31. The molecule has 84 valence electrons. The summed E-state index contributed by atoms with van der Waals surface area (Å²) in [4.78, 5) is 14.4. The SMILES string of the molecule is Cc1ccc(C(=O)O)c2[nH]c3ccccc3c12. The molecule has 2 N–H and O–H groups in total. The number of H-pyrrole nitrogens is 1. The molecule has 2 aromatic carbocycles. The monoisotopic (exact) mass is 225 g/mol. The second kappa shape index (κ2) is 3.35. The minimum atomic E-state index is -0.901. The third kappa shape index (κ3) is 1.32. The number of hydrogen-bond donors (Lipinski definition) is 2. The molecule has 0 aliphatic heterocycles. The van der Waals surface area contributed by atoms with E-state index in [1.54, 1.807) is 6.07 Å². The van der Waals surface area contributed by atoms with Crippen LogP contribution < -0.4 is 0 Å². The Labute approximate surface area is 97.7 Å². The maximum Gasteiger partial charge on any atom is 0.337 e. The van der Waals surface area contributed by atoms with Crippen molar-refractivity contribution >= 4 is 27.8 Å². The lowest BCUT2D eigenvalue weighted by atomic mass is 10.0. The van der Waals surface area contributed by atoms with E-state index in [9.17, 15) is 9.90 Å². The third-order valence-electron chi connectivity index (χ3n) is 3.10. The molecular weight excluding hydrogens is 214 g/mol. The normalized spacial score (nSPS) is 11.1. The lowest BCUT2D eigenvalue weighted by Gasteiger charge is -2.00. The van der Waals surface area contributed by atoms with Gasteiger partial charge in [-0.05, 0) is 24.6 Å². The highest BCUT2D eigenvalue weighted by Gasteiger charge is 2.13. The summed E-state index contributed by atoms with van der Waals surface area (Å²) in [5.41, 5.74) is 3.09.